The first-order chi connectivity index (χ1) is 13.5. The number of carbonyl (C=O) groups is 2. The van der Waals surface area contributed by atoms with Crippen molar-refractivity contribution in [1.29, 1.82) is 0 Å². The van der Waals surface area contributed by atoms with Gasteiger partial charge in [-0.2, -0.15) is 0 Å². The summed E-state index contributed by atoms with van der Waals surface area (Å²) in [7, 11) is 1.57. The Kier molecular flexibility index (Phi) is 8.07. The second-order valence-electron chi connectivity index (χ2n) is 6.11. The van der Waals surface area contributed by atoms with Crippen molar-refractivity contribution in [2.45, 2.75) is 33.6 Å². The SMILES string of the molecule is CCCOc1ccc(/C=C/C(=O)NNC(=O)c2cc(C)c(CC)s2)cc1OC. The number of thiophene rings is 1. The van der Waals surface area contributed by atoms with Crippen LogP contribution < -0.4 is 20.3 Å². The van der Waals surface area contributed by atoms with Crippen LogP contribution in [0.1, 0.15) is 45.9 Å². The van der Waals surface area contributed by atoms with Crippen molar-refractivity contribution in [2.75, 3.05) is 13.7 Å². The average molecular weight is 403 g/mol. The fraction of sp³-hybridized carbons (Fsp3) is 0.333. The zero-order chi connectivity index (χ0) is 20.5. The Labute approximate surface area is 169 Å². The summed E-state index contributed by atoms with van der Waals surface area (Å²) >= 11 is 1.43. The van der Waals surface area contributed by atoms with Crippen LogP contribution in [0.5, 0.6) is 11.5 Å². The topological polar surface area (TPSA) is 76.7 Å². The Hall–Kier alpha value is -2.80. The van der Waals surface area contributed by atoms with Crippen molar-refractivity contribution < 1.29 is 19.1 Å². The lowest BCUT2D eigenvalue weighted by atomic mass is 10.2. The Morgan fingerprint density at radius 3 is 2.57 bits per heavy atom. The molecule has 0 saturated heterocycles. The lowest BCUT2D eigenvalue weighted by Crippen LogP contribution is -2.40. The van der Waals surface area contributed by atoms with E-state index in [1.165, 1.54) is 17.4 Å². The molecule has 0 fully saturated rings. The van der Waals surface area contributed by atoms with E-state index >= 15 is 0 Å². The summed E-state index contributed by atoms with van der Waals surface area (Å²) in [5, 5.41) is 0. The van der Waals surface area contributed by atoms with Gasteiger partial charge in [0.25, 0.3) is 11.8 Å². The van der Waals surface area contributed by atoms with E-state index < -0.39 is 5.91 Å². The normalized spacial score (nSPS) is 10.7. The van der Waals surface area contributed by atoms with Gasteiger partial charge in [-0.3, -0.25) is 20.4 Å². The molecule has 0 radical (unpaired) electrons. The molecule has 0 unspecified atom stereocenters. The van der Waals surface area contributed by atoms with E-state index in [1.807, 2.05) is 32.9 Å². The minimum absolute atomic E-state index is 0.325. The lowest BCUT2D eigenvalue weighted by Gasteiger charge is -2.10. The molecular formula is C21H26N2O4S. The molecule has 2 aromatic rings. The largest absolute Gasteiger partial charge is 0.493 e. The molecule has 7 heteroatoms. The molecule has 0 spiro atoms. The van der Waals surface area contributed by atoms with Crippen molar-refractivity contribution in [1.82, 2.24) is 10.9 Å². The first-order valence-corrected chi connectivity index (χ1v) is 9.98. The van der Waals surface area contributed by atoms with Crippen LogP contribution in [0.15, 0.2) is 30.3 Å². The van der Waals surface area contributed by atoms with Crippen LogP contribution in [0, 0.1) is 6.92 Å². The van der Waals surface area contributed by atoms with Gasteiger partial charge in [0.1, 0.15) is 0 Å². The molecule has 2 N–H and O–H groups in total. The van der Waals surface area contributed by atoms with Crippen molar-refractivity contribution >= 4 is 29.2 Å². The monoisotopic (exact) mass is 402 g/mol. The second kappa shape index (κ2) is 10.5. The number of carbonyl (C=O) groups excluding carboxylic acids is 2. The fourth-order valence-electron chi connectivity index (χ4n) is 2.50. The number of hydrogen-bond acceptors (Lipinski definition) is 5. The predicted octanol–water partition coefficient (Wildman–Crippen LogP) is 3.89. The number of aryl methyl sites for hydroxylation is 2. The number of nitrogens with one attached hydrogen (secondary N) is 2. The Bertz CT molecular complexity index is 858. The number of ether oxygens (including phenoxy) is 2. The van der Waals surface area contributed by atoms with Gasteiger partial charge in [-0.1, -0.05) is 19.9 Å². The number of hydrogen-bond donors (Lipinski definition) is 2. The third kappa shape index (κ3) is 5.85. The number of amides is 2. The third-order valence-electron chi connectivity index (χ3n) is 3.94. The van der Waals surface area contributed by atoms with E-state index in [9.17, 15) is 9.59 Å². The maximum atomic E-state index is 12.1. The van der Waals surface area contributed by atoms with E-state index in [2.05, 4.69) is 10.9 Å². The minimum atomic E-state index is -0.428. The van der Waals surface area contributed by atoms with Gasteiger partial charge in [-0.15, -0.1) is 11.3 Å². The first kappa shape index (κ1) is 21.5. The van der Waals surface area contributed by atoms with Gasteiger partial charge >= 0.3 is 0 Å². The van der Waals surface area contributed by atoms with E-state index in [0.717, 1.165) is 28.8 Å². The van der Waals surface area contributed by atoms with Gasteiger partial charge in [0.15, 0.2) is 11.5 Å². The summed E-state index contributed by atoms with van der Waals surface area (Å²) in [6.45, 7) is 6.66. The van der Waals surface area contributed by atoms with E-state index in [4.69, 9.17) is 9.47 Å². The zero-order valence-electron chi connectivity index (χ0n) is 16.6. The van der Waals surface area contributed by atoms with E-state index in [1.54, 1.807) is 25.3 Å². The molecule has 0 aliphatic heterocycles. The summed E-state index contributed by atoms with van der Waals surface area (Å²) < 4.78 is 10.9. The van der Waals surface area contributed by atoms with Crippen LogP contribution in [0.4, 0.5) is 0 Å². The average Bonchev–Trinajstić information content (AvgIpc) is 3.09. The van der Waals surface area contributed by atoms with Crippen LogP contribution in [-0.2, 0) is 11.2 Å². The van der Waals surface area contributed by atoms with Crippen LogP contribution in [0.2, 0.25) is 0 Å². The predicted molar refractivity (Wildman–Crippen MR) is 112 cm³/mol. The number of benzene rings is 1. The first-order valence-electron chi connectivity index (χ1n) is 9.17. The molecule has 1 aromatic carbocycles. The van der Waals surface area contributed by atoms with Crippen LogP contribution in [-0.4, -0.2) is 25.5 Å². The summed E-state index contributed by atoms with van der Waals surface area (Å²) in [5.74, 6) is 0.510. The van der Waals surface area contributed by atoms with Crippen molar-refractivity contribution in [3.05, 3.63) is 51.2 Å². The maximum Gasteiger partial charge on any atom is 0.279 e. The van der Waals surface area contributed by atoms with Gasteiger partial charge in [0.2, 0.25) is 0 Å². The van der Waals surface area contributed by atoms with Gasteiger partial charge in [0, 0.05) is 11.0 Å². The molecule has 0 bridgehead atoms. The quantitative estimate of drug-likeness (QED) is 0.519. The molecule has 0 aliphatic rings. The second-order valence-corrected chi connectivity index (χ2v) is 7.24. The molecule has 28 heavy (non-hydrogen) atoms. The summed E-state index contributed by atoms with van der Waals surface area (Å²) in [4.78, 5) is 25.9. The molecule has 6 nitrogen and oxygen atoms in total. The summed E-state index contributed by atoms with van der Waals surface area (Å²) in [6, 6.07) is 7.25. The van der Waals surface area contributed by atoms with Crippen molar-refractivity contribution in [2.24, 2.45) is 0 Å². The van der Waals surface area contributed by atoms with Crippen LogP contribution >= 0.6 is 11.3 Å². The zero-order valence-corrected chi connectivity index (χ0v) is 17.4. The van der Waals surface area contributed by atoms with E-state index in [0.29, 0.717) is 23.0 Å². The Morgan fingerprint density at radius 2 is 1.93 bits per heavy atom. The van der Waals surface area contributed by atoms with Gasteiger partial charge < -0.3 is 9.47 Å². The van der Waals surface area contributed by atoms with Gasteiger partial charge in [0.05, 0.1) is 18.6 Å². The van der Waals surface area contributed by atoms with Crippen molar-refractivity contribution in [3.8, 4) is 11.5 Å². The number of rotatable bonds is 8. The van der Waals surface area contributed by atoms with Crippen LogP contribution in [0.25, 0.3) is 6.08 Å². The Balaban J connectivity index is 1.93. The molecule has 0 atom stereocenters. The standard InChI is InChI=1S/C21H26N2O4S/c1-5-11-27-16-9-7-15(13-17(16)26-4)8-10-20(24)22-23-21(25)19-12-14(3)18(6-2)28-19/h7-10,12-13H,5-6,11H2,1-4H3,(H,22,24)(H,23,25)/b10-8+. The molecule has 150 valence electrons. The molecule has 0 aliphatic carbocycles. The van der Waals surface area contributed by atoms with E-state index in [-0.39, 0.29) is 5.91 Å². The molecule has 0 saturated carbocycles. The highest BCUT2D eigenvalue weighted by atomic mass is 32.1. The molecule has 2 amide bonds. The summed E-state index contributed by atoms with van der Waals surface area (Å²) in [5.41, 5.74) is 6.69. The lowest BCUT2D eigenvalue weighted by molar-refractivity contribution is -0.117. The smallest absolute Gasteiger partial charge is 0.279 e. The molecule has 2 rings (SSSR count). The highest BCUT2D eigenvalue weighted by Crippen LogP contribution is 2.28. The van der Waals surface area contributed by atoms with Crippen molar-refractivity contribution in [3.63, 3.8) is 0 Å². The molecule has 1 heterocycles. The number of hydrazine groups is 1. The highest BCUT2D eigenvalue weighted by Gasteiger charge is 2.12. The molecular weight excluding hydrogens is 376 g/mol. The Morgan fingerprint density at radius 1 is 1.14 bits per heavy atom. The van der Waals surface area contributed by atoms with Gasteiger partial charge in [-0.25, -0.2) is 0 Å². The fourth-order valence-corrected chi connectivity index (χ4v) is 3.50. The third-order valence-corrected chi connectivity index (χ3v) is 5.32. The molecule has 1 aromatic heterocycles. The minimum Gasteiger partial charge on any atom is -0.493 e. The number of methoxy groups -OCH3 is 1. The van der Waals surface area contributed by atoms with Crippen LogP contribution in [0.3, 0.4) is 0 Å². The highest BCUT2D eigenvalue weighted by molar-refractivity contribution is 7.14. The maximum absolute atomic E-state index is 12.1. The van der Waals surface area contributed by atoms with Gasteiger partial charge in [-0.05, 0) is 55.2 Å². The summed E-state index contributed by atoms with van der Waals surface area (Å²) in [6.07, 6.45) is 4.77.